The van der Waals surface area contributed by atoms with Gasteiger partial charge in [0.15, 0.2) is 0 Å². The predicted molar refractivity (Wildman–Crippen MR) is 76.5 cm³/mol. The van der Waals surface area contributed by atoms with Crippen LogP contribution in [0.25, 0.3) is 10.9 Å². The van der Waals surface area contributed by atoms with Crippen molar-refractivity contribution in [3.8, 4) is 5.75 Å². The molecule has 0 unspecified atom stereocenters. The Kier molecular flexibility index (Phi) is 4.26. The van der Waals surface area contributed by atoms with Gasteiger partial charge in [-0.25, -0.2) is 0 Å². The highest BCUT2D eigenvalue weighted by Gasteiger charge is 2.08. The average molecular weight is 246 g/mol. The van der Waals surface area contributed by atoms with Crippen LogP contribution in [0.3, 0.4) is 0 Å². The van der Waals surface area contributed by atoms with Gasteiger partial charge in [-0.15, -0.1) is 0 Å². The Labute approximate surface area is 109 Å². The number of rotatable bonds is 6. The summed E-state index contributed by atoms with van der Waals surface area (Å²) in [4.78, 5) is 3.44. The van der Waals surface area contributed by atoms with Crippen LogP contribution in [-0.4, -0.2) is 24.7 Å². The van der Waals surface area contributed by atoms with Crippen molar-refractivity contribution in [2.75, 3.05) is 19.7 Å². The van der Waals surface area contributed by atoms with Crippen LogP contribution >= 0.6 is 0 Å². The number of aromatic nitrogens is 1. The molecule has 0 aliphatic heterocycles. The SMILES string of the molecule is CCNCCc1c(C)[nH]c2ccc(OCC)cc12. The first kappa shape index (κ1) is 13.0. The molecule has 0 radical (unpaired) electrons. The predicted octanol–water partition coefficient (Wildman–Crippen LogP) is 3.03. The molecule has 0 aliphatic carbocycles. The smallest absolute Gasteiger partial charge is 0.120 e. The number of aromatic amines is 1. The van der Waals surface area contributed by atoms with E-state index in [0.29, 0.717) is 6.61 Å². The molecule has 2 N–H and O–H groups in total. The zero-order valence-corrected chi connectivity index (χ0v) is 11.5. The lowest BCUT2D eigenvalue weighted by Crippen LogP contribution is -2.16. The first-order valence-electron chi connectivity index (χ1n) is 6.71. The standard InChI is InChI=1S/C15H22N2O/c1-4-16-9-8-13-11(3)17-15-7-6-12(18-5-2)10-14(13)15/h6-7,10,16-17H,4-5,8-9H2,1-3H3. The Morgan fingerprint density at radius 1 is 1.28 bits per heavy atom. The van der Waals surface area contributed by atoms with Crippen LogP contribution < -0.4 is 10.1 Å². The lowest BCUT2D eigenvalue weighted by Gasteiger charge is -2.05. The van der Waals surface area contributed by atoms with Gasteiger partial charge in [0.1, 0.15) is 5.75 Å². The normalized spacial score (nSPS) is 11.1. The molecule has 0 bridgehead atoms. The Balaban J connectivity index is 2.31. The molecule has 0 fully saturated rings. The summed E-state index contributed by atoms with van der Waals surface area (Å²) in [5.74, 6) is 0.953. The first-order valence-corrected chi connectivity index (χ1v) is 6.71. The number of ether oxygens (including phenoxy) is 1. The van der Waals surface area contributed by atoms with Crippen molar-refractivity contribution in [2.45, 2.75) is 27.2 Å². The van der Waals surface area contributed by atoms with Crippen LogP contribution in [0.1, 0.15) is 25.1 Å². The van der Waals surface area contributed by atoms with E-state index in [-0.39, 0.29) is 0 Å². The van der Waals surface area contributed by atoms with Crippen molar-refractivity contribution in [2.24, 2.45) is 0 Å². The molecule has 0 saturated carbocycles. The van der Waals surface area contributed by atoms with E-state index in [1.165, 1.54) is 22.2 Å². The molecule has 2 rings (SSSR count). The molecule has 18 heavy (non-hydrogen) atoms. The third-order valence-electron chi connectivity index (χ3n) is 3.20. The van der Waals surface area contributed by atoms with Crippen molar-refractivity contribution in [1.29, 1.82) is 0 Å². The quantitative estimate of drug-likeness (QED) is 0.769. The fourth-order valence-electron chi connectivity index (χ4n) is 2.33. The van der Waals surface area contributed by atoms with Crippen LogP contribution in [0, 0.1) is 6.92 Å². The fraction of sp³-hybridized carbons (Fsp3) is 0.467. The topological polar surface area (TPSA) is 37.0 Å². The van der Waals surface area contributed by atoms with Gasteiger partial charge in [0.25, 0.3) is 0 Å². The van der Waals surface area contributed by atoms with Crippen molar-refractivity contribution in [3.63, 3.8) is 0 Å². The highest BCUT2D eigenvalue weighted by molar-refractivity contribution is 5.86. The van der Waals surface area contributed by atoms with Crippen molar-refractivity contribution >= 4 is 10.9 Å². The maximum atomic E-state index is 5.57. The molecule has 2 aromatic rings. The van der Waals surface area contributed by atoms with Gasteiger partial charge in [0.2, 0.25) is 0 Å². The highest BCUT2D eigenvalue weighted by Crippen LogP contribution is 2.26. The van der Waals surface area contributed by atoms with Gasteiger partial charge in [-0.1, -0.05) is 6.92 Å². The number of nitrogens with one attached hydrogen (secondary N) is 2. The second-order valence-electron chi connectivity index (χ2n) is 4.47. The van der Waals surface area contributed by atoms with Crippen LogP contribution in [0.4, 0.5) is 0 Å². The summed E-state index contributed by atoms with van der Waals surface area (Å²) < 4.78 is 5.57. The third kappa shape index (κ3) is 2.67. The van der Waals surface area contributed by atoms with E-state index in [0.717, 1.165) is 25.3 Å². The number of aryl methyl sites for hydroxylation is 1. The molecular weight excluding hydrogens is 224 g/mol. The molecule has 0 atom stereocenters. The minimum Gasteiger partial charge on any atom is -0.494 e. The second kappa shape index (κ2) is 5.91. The zero-order chi connectivity index (χ0) is 13.0. The van der Waals surface area contributed by atoms with Gasteiger partial charge in [-0.05, 0) is 57.1 Å². The molecule has 0 aliphatic rings. The molecule has 0 spiro atoms. The Hall–Kier alpha value is -1.48. The minimum atomic E-state index is 0.710. The largest absolute Gasteiger partial charge is 0.494 e. The van der Waals surface area contributed by atoms with Gasteiger partial charge >= 0.3 is 0 Å². The van der Waals surface area contributed by atoms with E-state index in [1.807, 2.05) is 13.0 Å². The van der Waals surface area contributed by atoms with Crippen molar-refractivity contribution in [1.82, 2.24) is 10.3 Å². The molecule has 1 heterocycles. The number of H-pyrrole nitrogens is 1. The van der Waals surface area contributed by atoms with Crippen molar-refractivity contribution < 1.29 is 4.74 Å². The number of likely N-dealkylation sites (N-methyl/N-ethyl adjacent to an activating group) is 1. The van der Waals surface area contributed by atoms with E-state index in [1.54, 1.807) is 0 Å². The van der Waals surface area contributed by atoms with Gasteiger partial charge in [0, 0.05) is 16.6 Å². The molecule has 1 aromatic heterocycles. The number of hydrogen-bond acceptors (Lipinski definition) is 2. The van der Waals surface area contributed by atoms with Gasteiger partial charge < -0.3 is 15.0 Å². The van der Waals surface area contributed by atoms with Crippen molar-refractivity contribution in [3.05, 3.63) is 29.5 Å². The molecule has 1 aromatic carbocycles. The molecule has 98 valence electrons. The van der Waals surface area contributed by atoms with E-state index in [2.05, 4.69) is 36.3 Å². The van der Waals surface area contributed by atoms with Crippen LogP contribution in [0.15, 0.2) is 18.2 Å². The van der Waals surface area contributed by atoms with Gasteiger partial charge in [-0.2, -0.15) is 0 Å². The summed E-state index contributed by atoms with van der Waals surface area (Å²) in [6, 6.07) is 6.27. The minimum absolute atomic E-state index is 0.710. The Bertz CT molecular complexity index is 516. The first-order chi connectivity index (χ1) is 8.76. The summed E-state index contributed by atoms with van der Waals surface area (Å²) in [6.45, 7) is 9.03. The molecule has 0 saturated heterocycles. The van der Waals surface area contributed by atoms with Gasteiger partial charge in [-0.3, -0.25) is 0 Å². The van der Waals surface area contributed by atoms with E-state index in [4.69, 9.17) is 4.74 Å². The highest BCUT2D eigenvalue weighted by atomic mass is 16.5. The summed E-state index contributed by atoms with van der Waals surface area (Å²) in [5.41, 5.74) is 3.85. The molecule has 3 heteroatoms. The maximum Gasteiger partial charge on any atom is 0.120 e. The van der Waals surface area contributed by atoms with E-state index in [9.17, 15) is 0 Å². The number of benzene rings is 1. The number of fused-ring (bicyclic) bond motifs is 1. The summed E-state index contributed by atoms with van der Waals surface area (Å²) in [6.07, 6.45) is 1.05. The van der Waals surface area contributed by atoms with Crippen LogP contribution in [0.5, 0.6) is 5.75 Å². The lowest BCUT2D eigenvalue weighted by molar-refractivity contribution is 0.340. The summed E-state index contributed by atoms with van der Waals surface area (Å²) >= 11 is 0. The molecule has 0 amide bonds. The lowest BCUT2D eigenvalue weighted by atomic mass is 10.1. The maximum absolute atomic E-state index is 5.57. The Morgan fingerprint density at radius 3 is 2.83 bits per heavy atom. The summed E-state index contributed by atoms with van der Waals surface area (Å²) in [5, 5.41) is 4.66. The average Bonchev–Trinajstić information content (AvgIpc) is 2.66. The van der Waals surface area contributed by atoms with Crippen LogP contribution in [0.2, 0.25) is 0 Å². The molecule has 3 nitrogen and oxygen atoms in total. The second-order valence-corrected chi connectivity index (χ2v) is 4.47. The fourth-order valence-corrected chi connectivity index (χ4v) is 2.33. The van der Waals surface area contributed by atoms with Gasteiger partial charge in [0.05, 0.1) is 6.61 Å². The number of hydrogen-bond donors (Lipinski definition) is 2. The summed E-state index contributed by atoms with van der Waals surface area (Å²) in [7, 11) is 0. The van der Waals surface area contributed by atoms with E-state index < -0.39 is 0 Å². The zero-order valence-electron chi connectivity index (χ0n) is 11.5. The molecular formula is C15H22N2O. The van der Waals surface area contributed by atoms with Crippen LogP contribution in [-0.2, 0) is 6.42 Å². The monoisotopic (exact) mass is 246 g/mol. The van der Waals surface area contributed by atoms with E-state index >= 15 is 0 Å². The third-order valence-corrected chi connectivity index (χ3v) is 3.20. The Morgan fingerprint density at radius 2 is 2.11 bits per heavy atom.